The minimum atomic E-state index is -0.883. The molecule has 0 amide bonds. The van der Waals surface area contributed by atoms with Gasteiger partial charge < -0.3 is 5.11 Å². The number of aliphatic carboxylic acids is 1. The summed E-state index contributed by atoms with van der Waals surface area (Å²) in [7, 11) is 0. The van der Waals surface area contributed by atoms with Crippen LogP contribution in [0.5, 0.6) is 0 Å². The molecule has 1 atom stereocenters. The maximum absolute atomic E-state index is 10.5. The standard InChI is InChI=1S/C12H14N4O2S/c1-7-6-19-12-15-8(2)11(16(7)12)9(5-13)14-4-3-10(17)18/h6,9,14H,3-4H2,1-2H3,(H,17,18). The smallest absolute Gasteiger partial charge is 0.304 e. The molecule has 0 aliphatic rings. The topological polar surface area (TPSA) is 90.4 Å². The number of aromatic nitrogens is 2. The predicted octanol–water partition coefficient (Wildman–Crippen LogP) is 1.64. The van der Waals surface area contributed by atoms with Gasteiger partial charge in [-0.1, -0.05) is 0 Å². The molecule has 19 heavy (non-hydrogen) atoms. The number of carboxylic acids is 1. The van der Waals surface area contributed by atoms with Gasteiger partial charge in [0.15, 0.2) is 4.96 Å². The van der Waals surface area contributed by atoms with E-state index >= 15 is 0 Å². The number of aryl methyl sites for hydroxylation is 2. The Kier molecular flexibility index (Phi) is 3.83. The van der Waals surface area contributed by atoms with Crippen molar-refractivity contribution in [1.82, 2.24) is 14.7 Å². The lowest BCUT2D eigenvalue weighted by molar-refractivity contribution is -0.136. The SMILES string of the molecule is Cc1nc2scc(C)n2c1C(C#N)NCCC(=O)O. The number of fused-ring (bicyclic) bond motifs is 1. The van der Waals surface area contributed by atoms with Gasteiger partial charge in [-0.2, -0.15) is 5.26 Å². The van der Waals surface area contributed by atoms with Gasteiger partial charge in [0.25, 0.3) is 0 Å². The number of nitrogens with one attached hydrogen (secondary N) is 1. The number of carboxylic acid groups (broad SMARTS) is 1. The normalized spacial score (nSPS) is 12.5. The number of nitrogens with zero attached hydrogens (tertiary/aromatic N) is 3. The van der Waals surface area contributed by atoms with Crippen molar-refractivity contribution in [2.75, 3.05) is 6.54 Å². The lowest BCUT2D eigenvalue weighted by atomic mass is 10.2. The Morgan fingerprint density at radius 3 is 3.05 bits per heavy atom. The maximum atomic E-state index is 10.5. The molecule has 2 aromatic heterocycles. The third-order valence-electron chi connectivity index (χ3n) is 2.84. The van der Waals surface area contributed by atoms with E-state index in [2.05, 4.69) is 16.4 Å². The first-order valence-corrected chi connectivity index (χ1v) is 6.70. The minimum absolute atomic E-state index is 0.0121. The van der Waals surface area contributed by atoms with E-state index in [1.807, 2.05) is 23.6 Å². The molecule has 0 aliphatic heterocycles. The first-order chi connectivity index (χ1) is 9.04. The Morgan fingerprint density at radius 2 is 2.42 bits per heavy atom. The molecule has 1 unspecified atom stereocenters. The molecule has 7 heteroatoms. The molecule has 0 saturated heterocycles. The first kappa shape index (κ1) is 13.5. The van der Waals surface area contributed by atoms with Gasteiger partial charge in [0.1, 0.15) is 6.04 Å². The van der Waals surface area contributed by atoms with Gasteiger partial charge >= 0.3 is 5.97 Å². The molecule has 0 radical (unpaired) electrons. The van der Waals surface area contributed by atoms with Crippen molar-refractivity contribution in [3.63, 3.8) is 0 Å². The van der Waals surface area contributed by atoms with Crippen LogP contribution in [0.25, 0.3) is 4.96 Å². The van der Waals surface area contributed by atoms with E-state index in [1.54, 1.807) is 0 Å². The van der Waals surface area contributed by atoms with Crippen LogP contribution in [0.2, 0.25) is 0 Å². The van der Waals surface area contributed by atoms with Crippen LogP contribution in [0, 0.1) is 25.2 Å². The van der Waals surface area contributed by atoms with Crippen molar-refractivity contribution < 1.29 is 9.90 Å². The van der Waals surface area contributed by atoms with E-state index in [0.717, 1.165) is 22.0 Å². The number of thiazole rings is 1. The van der Waals surface area contributed by atoms with Gasteiger partial charge in [-0.25, -0.2) is 4.98 Å². The number of imidazole rings is 1. The highest BCUT2D eigenvalue weighted by Gasteiger charge is 2.20. The highest BCUT2D eigenvalue weighted by atomic mass is 32.1. The van der Waals surface area contributed by atoms with Crippen LogP contribution in [0.4, 0.5) is 0 Å². The monoisotopic (exact) mass is 278 g/mol. The Morgan fingerprint density at radius 1 is 1.68 bits per heavy atom. The van der Waals surface area contributed by atoms with Crippen molar-refractivity contribution in [1.29, 1.82) is 5.26 Å². The third kappa shape index (κ3) is 2.59. The van der Waals surface area contributed by atoms with Crippen molar-refractivity contribution in [3.8, 4) is 6.07 Å². The molecule has 0 bridgehead atoms. The average Bonchev–Trinajstić information content (AvgIpc) is 2.85. The summed E-state index contributed by atoms with van der Waals surface area (Å²) in [5.41, 5.74) is 2.61. The van der Waals surface area contributed by atoms with E-state index in [9.17, 15) is 10.1 Å². The first-order valence-electron chi connectivity index (χ1n) is 5.82. The molecule has 0 aromatic carbocycles. The van der Waals surface area contributed by atoms with Crippen LogP contribution in [0.15, 0.2) is 5.38 Å². The molecule has 2 heterocycles. The molecular weight excluding hydrogens is 264 g/mol. The Bertz CT molecular complexity index is 653. The van der Waals surface area contributed by atoms with Crippen LogP contribution < -0.4 is 5.32 Å². The fraction of sp³-hybridized carbons (Fsp3) is 0.417. The van der Waals surface area contributed by atoms with E-state index in [4.69, 9.17) is 5.11 Å². The molecule has 2 rings (SSSR count). The van der Waals surface area contributed by atoms with Crippen LogP contribution >= 0.6 is 11.3 Å². The van der Waals surface area contributed by atoms with Crippen LogP contribution in [-0.2, 0) is 4.79 Å². The van der Waals surface area contributed by atoms with Gasteiger partial charge in [0.2, 0.25) is 0 Å². The number of carbonyl (C=O) groups is 1. The molecule has 0 aliphatic carbocycles. The second kappa shape index (κ2) is 5.38. The zero-order valence-corrected chi connectivity index (χ0v) is 11.5. The van der Waals surface area contributed by atoms with E-state index in [-0.39, 0.29) is 13.0 Å². The molecule has 2 aromatic rings. The quantitative estimate of drug-likeness (QED) is 0.867. The maximum Gasteiger partial charge on any atom is 0.304 e. The number of rotatable bonds is 5. The third-order valence-corrected chi connectivity index (χ3v) is 3.79. The van der Waals surface area contributed by atoms with Crippen molar-refractivity contribution >= 4 is 22.3 Å². The van der Waals surface area contributed by atoms with Crippen molar-refractivity contribution in [3.05, 3.63) is 22.5 Å². The van der Waals surface area contributed by atoms with Gasteiger partial charge in [-0.15, -0.1) is 11.3 Å². The van der Waals surface area contributed by atoms with Crippen LogP contribution in [0.3, 0.4) is 0 Å². The second-order valence-corrected chi connectivity index (χ2v) is 5.07. The average molecular weight is 278 g/mol. The molecule has 100 valence electrons. The number of nitriles is 1. The van der Waals surface area contributed by atoms with Gasteiger partial charge in [0.05, 0.1) is 23.9 Å². The Balaban J connectivity index is 2.30. The molecule has 2 N–H and O–H groups in total. The Hall–Kier alpha value is -1.91. The fourth-order valence-electron chi connectivity index (χ4n) is 1.99. The Labute approximate surface area is 114 Å². The minimum Gasteiger partial charge on any atom is -0.481 e. The van der Waals surface area contributed by atoms with Gasteiger partial charge in [0, 0.05) is 17.6 Å². The zero-order chi connectivity index (χ0) is 14.0. The largest absolute Gasteiger partial charge is 0.481 e. The summed E-state index contributed by atoms with van der Waals surface area (Å²) in [5, 5.41) is 22.8. The summed E-state index contributed by atoms with van der Waals surface area (Å²) in [6.45, 7) is 4.07. The van der Waals surface area contributed by atoms with Gasteiger partial charge in [-0.3, -0.25) is 14.5 Å². The summed E-state index contributed by atoms with van der Waals surface area (Å²) in [4.78, 5) is 15.8. The summed E-state index contributed by atoms with van der Waals surface area (Å²) < 4.78 is 1.95. The second-order valence-electron chi connectivity index (χ2n) is 4.24. The van der Waals surface area contributed by atoms with Crippen molar-refractivity contribution in [2.45, 2.75) is 26.3 Å². The lowest BCUT2D eigenvalue weighted by Crippen LogP contribution is -2.24. The summed E-state index contributed by atoms with van der Waals surface area (Å²) in [6.07, 6.45) is -0.0121. The molecular formula is C12H14N4O2S. The van der Waals surface area contributed by atoms with E-state index < -0.39 is 12.0 Å². The van der Waals surface area contributed by atoms with Crippen LogP contribution in [0.1, 0.15) is 29.5 Å². The predicted molar refractivity (Wildman–Crippen MR) is 71.2 cm³/mol. The van der Waals surface area contributed by atoms with E-state index in [0.29, 0.717) is 0 Å². The highest BCUT2D eigenvalue weighted by molar-refractivity contribution is 7.15. The fourth-order valence-corrected chi connectivity index (χ4v) is 2.91. The van der Waals surface area contributed by atoms with Crippen molar-refractivity contribution in [2.24, 2.45) is 0 Å². The highest BCUT2D eigenvalue weighted by Crippen LogP contribution is 2.24. The molecule has 6 nitrogen and oxygen atoms in total. The van der Waals surface area contributed by atoms with Crippen LogP contribution in [-0.4, -0.2) is 27.0 Å². The summed E-state index contributed by atoms with van der Waals surface area (Å²) >= 11 is 1.53. The molecule has 0 fully saturated rings. The molecule has 0 saturated carbocycles. The molecule has 0 spiro atoms. The summed E-state index contributed by atoms with van der Waals surface area (Å²) in [5.74, 6) is -0.883. The number of hydrogen-bond acceptors (Lipinski definition) is 5. The summed E-state index contributed by atoms with van der Waals surface area (Å²) in [6, 6.07) is 1.61. The zero-order valence-electron chi connectivity index (χ0n) is 10.7. The van der Waals surface area contributed by atoms with E-state index in [1.165, 1.54) is 11.3 Å². The number of hydrogen-bond donors (Lipinski definition) is 2. The van der Waals surface area contributed by atoms with Gasteiger partial charge in [-0.05, 0) is 13.8 Å². The lowest BCUT2D eigenvalue weighted by Gasteiger charge is -2.11.